The van der Waals surface area contributed by atoms with Crippen LogP contribution in [0.1, 0.15) is 37.6 Å². The summed E-state index contributed by atoms with van der Waals surface area (Å²) in [5, 5.41) is 0. The minimum Gasteiger partial charge on any atom is -0.457 e. The van der Waals surface area contributed by atoms with Crippen LogP contribution in [0.15, 0.2) is 54.6 Å². The fraction of sp³-hybridized carbons (Fsp3) is 0.417. The number of benzene rings is 2. The van der Waals surface area contributed by atoms with Crippen molar-refractivity contribution in [2.75, 3.05) is 19.6 Å². The van der Waals surface area contributed by atoms with Crippen LogP contribution in [-0.2, 0) is 4.74 Å². The van der Waals surface area contributed by atoms with Gasteiger partial charge < -0.3 is 19.3 Å². The Morgan fingerprint density at radius 3 is 2.30 bits per heavy atom. The van der Waals surface area contributed by atoms with Gasteiger partial charge in [-0.05, 0) is 51.5 Å². The number of hydrogen-bond donors (Lipinski definition) is 0. The molecule has 2 aromatic carbocycles. The number of ether oxygens (including phenoxy) is 2. The lowest BCUT2D eigenvalue weighted by molar-refractivity contribution is -0.144. The van der Waals surface area contributed by atoms with E-state index in [9.17, 15) is 22.8 Å². The Hall–Kier alpha value is -3.23. The van der Waals surface area contributed by atoms with Crippen LogP contribution in [0.4, 0.5) is 18.0 Å². The summed E-state index contributed by atoms with van der Waals surface area (Å²) in [6, 6.07) is 14.0. The molecular formula is C24H27F3N2O4. The van der Waals surface area contributed by atoms with Crippen LogP contribution in [0.25, 0.3) is 0 Å². The van der Waals surface area contributed by atoms with Gasteiger partial charge >= 0.3 is 12.3 Å². The highest BCUT2D eigenvalue weighted by Crippen LogP contribution is 2.30. The molecule has 33 heavy (non-hydrogen) atoms. The minimum absolute atomic E-state index is 0.0151. The molecule has 2 aromatic rings. The summed E-state index contributed by atoms with van der Waals surface area (Å²) in [5.41, 5.74) is -0.717. The van der Waals surface area contributed by atoms with E-state index < -0.39 is 36.4 Å². The molecule has 2 amide bonds. The molecule has 9 heteroatoms. The van der Waals surface area contributed by atoms with Gasteiger partial charge in [-0.2, -0.15) is 13.2 Å². The lowest BCUT2D eigenvalue weighted by atomic mass is 10.1. The maximum absolute atomic E-state index is 13.4. The first-order chi connectivity index (χ1) is 15.4. The normalized spacial score (nSPS) is 16.4. The first-order valence-electron chi connectivity index (χ1n) is 10.6. The van der Waals surface area contributed by atoms with Gasteiger partial charge in [-0.3, -0.25) is 4.79 Å². The summed E-state index contributed by atoms with van der Waals surface area (Å²) >= 11 is 0. The van der Waals surface area contributed by atoms with Gasteiger partial charge in [0.15, 0.2) is 0 Å². The van der Waals surface area contributed by atoms with Crippen LogP contribution in [-0.4, -0.2) is 59.3 Å². The van der Waals surface area contributed by atoms with Crippen LogP contribution in [0.2, 0.25) is 0 Å². The molecule has 6 nitrogen and oxygen atoms in total. The van der Waals surface area contributed by atoms with Crippen LogP contribution >= 0.6 is 0 Å². The first-order valence-corrected chi connectivity index (χ1v) is 10.6. The molecule has 1 aliphatic heterocycles. The predicted molar refractivity (Wildman–Crippen MR) is 116 cm³/mol. The number of alkyl halides is 3. The molecule has 1 saturated heterocycles. The lowest BCUT2D eigenvalue weighted by Crippen LogP contribution is -2.47. The Bertz CT molecular complexity index is 974. The van der Waals surface area contributed by atoms with Crippen molar-refractivity contribution in [1.29, 1.82) is 0 Å². The maximum atomic E-state index is 13.4. The number of nitrogens with zero attached hydrogens (tertiary/aromatic N) is 2. The van der Waals surface area contributed by atoms with Crippen molar-refractivity contribution >= 4 is 12.0 Å². The van der Waals surface area contributed by atoms with E-state index in [0.717, 1.165) is 4.90 Å². The SMILES string of the molecule is CC(C)(C)OC(=O)N1CC[C@H](N(CC(F)(F)F)C(=O)c2ccccc2Oc2ccccc2)C1. The van der Waals surface area contributed by atoms with Gasteiger partial charge in [-0.15, -0.1) is 0 Å². The summed E-state index contributed by atoms with van der Waals surface area (Å²) in [6.07, 6.45) is -5.01. The van der Waals surface area contributed by atoms with Gasteiger partial charge in [0.2, 0.25) is 0 Å². The summed E-state index contributed by atoms with van der Waals surface area (Å²) < 4.78 is 51.4. The van der Waals surface area contributed by atoms with Crippen molar-refractivity contribution in [2.24, 2.45) is 0 Å². The highest BCUT2D eigenvalue weighted by molar-refractivity contribution is 5.97. The third-order valence-corrected chi connectivity index (χ3v) is 4.95. The zero-order valence-electron chi connectivity index (χ0n) is 18.8. The molecular weight excluding hydrogens is 437 g/mol. The van der Waals surface area contributed by atoms with E-state index in [0.29, 0.717) is 5.75 Å². The van der Waals surface area contributed by atoms with Gasteiger partial charge in [-0.25, -0.2) is 4.79 Å². The van der Waals surface area contributed by atoms with Gasteiger partial charge in [0, 0.05) is 13.1 Å². The molecule has 0 aromatic heterocycles. The highest BCUT2D eigenvalue weighted by Gasteiger charge is 2.41. The molecule has 0 spiro atoms. The van der Waals surface area contributed by atoms with Crippen molar-refractivity contribution in [3.8, 4) is 11.5 Å². The molecule has 178 valence electrons. The summed E-state index contributed by atoms with van der Waals surface area (Å²) in [5.74, 6) is -0.199. The number of amides is 2. The molecule has 0 N–H and O–H groups in total. The third-order valence-electron chi connectivity index (χ3n) is 4.95. The van der Waals surface area contributed by atoms with Gasteiger partial charge in [0.1, 0.15) is 23.6 Å². The van der Waals surface area contributed by atoms with E-state index in [-0.39, 0.29) is 30.8 Å². The van der Waals surface area contributed by atoms with Crippen molar-refractivity contribution in [1.82, 2.24) is 9.80 Å². The largest absolute Gasteiger partial charge is 0.457 e. The van der Waals surface area contributed by atoms with Gasteiger partial charge in [-0.1, -0.05) is 30.3 Å². The van der Waals surface area contributed by atoms with E-state index in [1.54, 1.807) is 63.2 Å². The Morgan fingerprint density at radius 1 is 1.03 bits per heavy atom. The fourth-order valence-electron chi connectivity index (χ4n) is 3.55. The highest BCUT2D eigenvalue weighted by atomic mass is 19.4. The van der Waals surface area contributed by atoms with Gasteiger partial charge in [0.25, 0.3) is 5.91 Å². The molecule has 1 fully saturated rings. The molecule has 0 radical (unpaired) electrons. The molecule has 3 rings (SSSR count). The molecule has 1 heterocycles. The van der Waals surface area contributed by atoms with Gasteiger partial charge in [0.05, 0.1) is 11.6 Å². The number of likely N-dealkylation sites (tertiary alicyclic amines) is 1. The van der Waals surface area contributed by atoms with E-state index >= 15 is 0 Å². The minimum atomic E-state index is -4.61. The zero-order valence-corrected chi connectivity index (χ0v) is 18.8. The van der Waals surface area contributed by atoms with E-state index in [1.807, 2.05) is 0 Å². The van der Waals surface area contributed by atoms with Crippen molar-refractivity contribution in [3.05, 3.63) is 60.2 Å². The molecule has 1 aliphatic rings. The summed E-state index contributed by atoms with van der Waals surface area (Å²) in [7, 11) is 0. The second kappa shape index (κ2) is 9.72. The van der Waals surface area contributed by atoms with E-state index in [4.69, 9.17) is 9.47 Å². The fourth-order valence-corrected chi connectivity index (χ4v) is 3.55. The smallest absolute Gasteiger partial charge is 0.410 e. The Morgan fingerprint density at radius 2 is 1.67 bits per heavy atom. The standard InChI is InChI=1S/C24H27F3N2O4/c1-23(2,3)33-22(31)28-14-13-17(15-28)29(16-24(25,26)27)21(30)19-11-7-8-12-20(19)32-18-9-5-4-6-10-18/h4-12,17H,13-16H2,1-3H3/t17-/m0/s1. The van der Waals surface area contributed by atoms with Crippen molar-refractivity contribution in [3.63, 3.8) is 0 Å². The molecule has 1 atom stereocenters. The second-order valence-electron chi connectivity index (χ2n) is 8.83. The third kappa shape index (κ3) is 6.87. The van der Waals surface area contributed by atoms with E-state index in [2.05, 4.69) is 0 Å². The van der Waals surface area contributed by atoms with Crippen LogP contribution in [0, 0.1) is 0 Å². The molecule has 0 saturated carbocycles. The van der Waals surface area contributed by atoms with E-state index in [1.165, 1.54) is 17.0 Å². The average molecular weight is 464 g/mol. The van der Waals surface area contributed by atoms with Crippen molar-refractivity contribution < 1.29 is 32.2 Å². The lowest BCUT2D eigenvalue weighted by Gasteiger charge is -2.31. The summed E-state index contributed by atoms with van der Waals surface area (Å²) in [4.78, 5) is 27.8. The van der Waals surface area contributed by atoms with Crippen LogP contribution < -0.4 is 4.74 Å². The molecule has 0 unspecified atom stereocenters. The monoisotopic (exact) mass is 464 g/mol. The number of para-hydroxylation sites is 2. The second-order valence-corrected chi connectivity index (χ2v) is 8.83. The Kier molecular flexibility index (Phi) is 7.19. The number of hydrogen-bond acceptors (Lipinski definition) is 4. The van der Waals surface area contributed by atoms with Crippen LogP contribution in [0.3, 0.4) is 0 Å². The van der Waals surface area contributed by atoms with Crippen LogP contribution in [0.5, 0.6) is 11.5 Å². The van der Waals surface area contributed by atoms with Crippen molar-refractivity contribution in [2.45, 2.75) is 45.0 Å². The zero-order chi connectivity index (χ0) is 24.2. The maximum Gasteiger partial charge on any atom is 0.410 e. The quantitative estimate of drug-likeness (QED) is 0.587. The Balaban J connectivity index is 1.84. The Labute approximate surface area is 190 Å². The number of halogens is 3. The number of rotatable bonds is 5. The molecule has 0 bridgehead atoms. The summed E-state index contributed by atoms with van der Waals surface area (Å²) in [6.45, 7) is 3.85. The topological polar surface area (TPSA) is 59.1 Å². The number of carbonyl (C=O) groups is 2. The predicted octanol–water partition coefficient (Wildman–Crippen LogP) is 5.49. The average Bonchev–Trinajstić information content (AvgIpc) is 3.21. The molecule has 0 aliphatic carbocycles. The first kappa shape index (κ1) is 24.4. The number of carbonyl (C=O) groups excluding carboxylic acids is 2.